The lowest BCUT2D eigenvalue weighted by Crippen LogP contribution is -2.12. The minimum Gasteiger partial charge on any atom is -0.507 e. The monoisotopic (exact) mass is 281 g/mol. The molecule has 0 aliphatic heterocycles. The van der Waals surface area contributed by atoms with Gasteiger partial charge in [-0.05, 0) is 30.3 Å². The van der Waals surface area contributed by atoms with Crippen molar-refractivity contribution in [2.45, 2.75) is 0 Å². The Morgan fingerprint density at radius 1 is 1.11 bits per heavy atom. The Morgan fingerprint density at radius 2 is 1.83 bits per heavy atom. The van der Waals surface area contributed by atoms with Crippen LogP contribution < -0.4 is 5.32 Å². The second-order valence-electron chi connectivity index (χ2n) is 3.60. The average Bonchev–Trinajstić information content (AvgIpc) is 2.33. The van der Waals surface area contributed by atoms with Gasteiger partial charge in [0.15, 0.2) is 0 Å². The molecule has 0 heterocycles. The zero-order chi connectivity index (χ0) is 13.1. The van der Waals surface area contributed by atoms with Crippen LogP contribution in [-0.2, 0) is 0 Å². The third kappa shape index (κ3) is 2.75. The van der Waals surface area contributed by atoms with E-state index in [0.29, 0.717) is 15.7 Å². The van der Waals surface area contributed by atoms with E-state index in [1.54, 1.807) is 24.3 Å². The van der Waals surface area contributed by atoms with Crippen LogP contribution in [0.1, 0.15) is 10.4 Å². The number of carbonyl (C=O) groups excluding carboxylic acids is 1. The van der Waals surface area contributed by atoms with E-state index in [1.165, 1.54) is 18.2 Å². The lowest BCUT2D eigenvalue weighted by atomic mass is 10.2. The smallest absolute Gasteiger partial charge is 0.259 e. The van der Waals surface area contributed by atoms with Gasteiger partial charge in [-0.3, -0.25) is 4.79 Å². The van der Waals surface area contributed by atoms with E-state index >= 15 is 0 Å². The molecule has 0 bridgehead atoms. The van der Waals surface area contributed by atoms with Gasteiger partial charge in [-0.25, -0.2) is 0 Å². The van der Waals surface area contributed by atoms with Crippen molar-refractivity contribution in [1.82, 2.24) is 0 Å². The minimum absolute atomic E-state index is 0.0833. The molecule has 2 aromatic carbocycles. The fourth-order valence-electron chi connectivity index (χ4n) is 1.45. The molecule has 0 radical (unpaired) electrons. The summed E-state index contributed by atoms with van der Waals surface area (Å²) in [5, 5.41) is 13.0. The first kappa shape index (κ1) is 12.7. The summed E-state index contributed by atoms with van der Waals surface area (Å²) in [6.07, 6.45) is 0. The average molecular weight is 282 g/mol. The van der Waals surface area contributed by atoms with Gasteiger partial charge in [0.2, 0.25) is 0 Å². The fraction of sp³-hybridized carbons (Fsp3) is 0. The van der Waals surface area contributed by atoms with E-state index in [-0.39, 0.29) is 11.3 Å². The maximum absolute atomic E-state index is 11.9. The first-order chi connectivity index (χ1) is 8.58. The molecule has 3 nitrogen and oxygen atoms in total. The summed E-state index contributed by atoms with van der Waals surface area (Å²) < 4.78 is 0. The highest BCUT2D eigenvalue weighted by Crippen LogP contribution is 2.26. The first-order valence-corrected chi connectivity index (χ1v) is 5.88. The minimum atomic E-state index is -0.433. The van der Waals surface area contributed by atoms with Crippen LogP contribution in [0.2, 0.25) is 10.0 Å². The molecule has 0 saturated carbocycles. The van der Waals surface area contributed by atoms with Gasteiger partial charge in [0.05, 0.1) is 16.3 Å². The maximum Gasteiger partial charge on any atom is 0.259 e. The number of rotatable bonds is 2. The van der Waals surface area contributed by atoms with E-state index in [1.807, 2.05) is 0 Å². The Balaban J connectivity index is 2.24. The summed E-state index contributed by atoms with van der Waals surface area (Å²) in [6, 6.07) is 11.0. The van der Waals surface area contributed by atoms with Crippen molar-refractivity contribution in [1.29, 1.82) is 0 Å². The van der Waals surface area contributed by atoms with E-state index in [0.717, 1.165) is 0 Å². The number of nitrogens with one attached hydrogen (secondary N) is 1. The highest BCUT2D eigenvalue weighted by molar-refractivity contribution is 6.36. The lowest BCUT2D eigenvalue weighted by Gasteiger charge is -2.08. The third-order valence-electron chi connectivity index (χ3n) is 2.33. The van der Waals surface area contributed by atoms with Gasteiger partial charge in [-0.15, -0.1) is 0 Å². The molecule has 2 N–H and O–H groups in total. The number of benzene rings is 2. The van der Waals surface area contributed by atoms with Crippen LogP contribution in [0.3, 0.4) is 0 Å². The van der Waals surface area contributed by atoms with Crippen LogP contribution in [0.5, 0.6) is 5.75 Å². The normalized spacial score (nSPS) is 10.1. The summed E-state index contributed by atoms with van der Waals surface area (Å²) in [7, 11) is 0. The van der Waals surface area contributed by atoms with Gasteiger partial charge in [0.25, 0.3) is 5.91 Å². The van der Waals surface area contributed by atoms with Gasteiger partial charge in [-0.1, -0.05) is 35.3 Å². The molecule has 5 heteroatoms. The van der Waals surface area contributed by atoms with Gasteiger partial charge in [0.1, 0.15) is 5.75 Å². The zero-order valence-electron chi connectivity index (χ0n) is 9.15. The molecule has 1 amide bonds. The molecule has 0 saturated heterocycles. The van der Waals surface area contributed by atoms with Crippen molar-refractivity contribution in [2.24, 2.45) is 0 Å². The number of anilines is 1. The summed E-state index contributed by atoms with van der Waals surface area (Å²) >= 11 is 11.7. The molecule has 92 valence electrons. The Bertz CT molecular complexity index is 599. The molecule has 2 aromatic rings. The molecule has 18 heavy (non-hydrogen) atoms. The Labute approximate surface area is 114 Å². The van der Waals surface area contributed by atoms with Crippen LogP contribution in [-0.4, -0.2) is 11.0 Å². The van der Waals surface area contributed by atoms with Crippen LogP contribution in [0, 0.1) is 0 Å². The zero-order valence-corrected chi connectivity index (χ0v) is 10.7. The van der Waals surface area contributed by atoms with E-state index < -0.39 is 5.91 Å². The molecular weight excluding hydrogens is 273 g/mol. The topological polar surface area (TPSA) is 49.3 Å². The SMILES string of the molecule is O=C(Nc1ccc(Cl)cc1Cl)c1ccccc1O. The number of carbonyl (C=O) groups is 1. The van der Waals surface area contributed by atoms with Crippen molar-refractivity contribution in [2.75, 3.05) is 5.32 Å². The second kappa shape index (κ2) is 5.29. The van der Waals surface area contributed by atoms with Crippen molar-refractivity contribution in [3.8, 4) is 5.75 Å². The number of aromatic hydroxyl groups is 1. The molecule has 0 aromatic heterocycles. The van der Waals surface area contributed by atoms with Crippen LogP contribution in [0.4, 0.5) is 5.69 Å². The lowest BCUT2D eigenvalue weighted by molar-refractivity contribution is 0.102. The number of phenols is 1. The summed E-state index contributed by atoms with van der Waals surface area (Å²) in [5.74, 6) is -0.516. The van der Waals surface area contributed by atoms with Crippen molar-refractivity contribution < 1.29 is 9.90 Å². The molecule has 0 aliphatic rings. The molecule has 0 spiro atoms. The molecular formula is C13H9Cl2NO2. The molecule has 0 fully saturated rings. The largest absolute Gasteiger partial charge is 0.507 e. The predicted molar refractivity (Wildman–Crippen MR) is 72.5 cm³/mol. The molecule has 0 aliphatic carbocycles. The Kier molecular flexibility index (Phi) is 3.75. The Hall–Kier alpha value is -1.71. The van der Waals surface area contributed by atoms with Gasteiger partial charge >= 0.3 is 0 Å². The highest BCUT2D eigenvalue weighted by atomic mass is 35.5. The standard InChI is InChI=1S/C13H9Cl2NO2/c14-8-5-6-11(10(15)7-8)16-13(18)9-3-1-2-4-12(9)17/h1-7,17H,(H,16,18). The summed E-state index contributed by atoms with van der Waals surface area (Å²) in [5.41, 5.74) is 0.623. The van der Waals surface area contributed by atoms with Crippen molar-refractivity contribution in [3.05, 3.63) is 58.1 Å². The fourth-order valence-corrected chi connectivity index (χ4v) is 1.90. The summed E-state index contributed by atoms with van der Waals surface area (Å²) in [6.45, 7) is 0. The van der Waals surface area contributed by atoms with E-state index in [2.05, 4.69) is 5.32 Å². The number of halogens is 2. The van der Waals surface area contributed by atoms with Crippen LogP contribution in [0.25, 0.3) is 0 Å². The number of amides is 1. The number of hydrogen-bond donors (Lipinski definition) is 2. The highest BCUT2D eigenvalue weighted by Gasteiger charge is 2.12. The quantitative estimate of drug-likeness (QED) is 0.876. The summed E-state index contributed by atoms with van der Waals surface area (Å²) in [4.78, 5) is 11.9. The number of hydrogen-bond acceptors (Lipinski definition) is 2. The first-order valence-electron chi connectivity index (χ1n) is 5.12. The Morgan fingerprint density at radius 3 is 2.50 bits per heavy atom. The number of para-hydroxylation sites is 1. The maximum atomic E-state index is 11.9. The number of phenolic OH excluding ortho intramolecular Hbond substituents is 1. The van der Waals surface area contributed by atoms with Crippen LogP contribution in [0.15, 0.2) is 42.5 Å². The molecule has 2 rings (SSSR count). The predicted octanol–water partition coefficient (Wildman–Crippen LogP) is 3.95. The van der Waals surface area contributed by atoms with Gasteiger partial charge in [-0.2, -0.15) is 0 Å². The van der Waals surface area contributed by atoms with Gasteiger partial charge in [0, 0.05) is 5.02 Å². The van der Waals surface area contributed by atoms with Gasteiger partial charge < -0.3 is 10.4 Å². The third-order valence-corrected chi connectivity index (χ3v) is 2.88. The van der Waals surface area contributed by atoms with Crippen molar-refractivity contribution >= 4 is 34.8 Å². The second-order valence-corrected chi connectivity index (χ2v) is 4.44. The van der Waals surface area contributed by atoms with Crippen molar-refractivity contribution in [3.63, 3.8) is 0 Å². The molecule has 0 atom stereocenters. The van der Waals surface area contributed by atoms with E-state index in [9.17, 15) is 9.90 Å². The van der Waals surface area contributed by atoms with E-state index in [4.69, 9.17) is 23.2 Å². The molecule has 0 unspecified atom stereocenters. The van der Waals surface area contributed by atoms with Crippen LogP contribution >= 0.6 is 23.2 Å².